The lowest BCUT2D eigenvalue weighted by molar-refractivity contribution is 0.0946. The van der Waals surface area contributed by atoms with Crippen LogP contribution in [0.25, 0.3) is 22.3 Å². The maximum Gasteiger partial charge on any atom is 0.253 e. The minimum Gasteiger partial charge on any atom is -0.394 e. The molecule has 3 heterocycles. The summed E-state index contributed by atoms with van der Waals surface area (Å²) in [4.78, 5) is 25.0. The largest absolute Gasteiger partial charge is 0.394 e. The summed E-state index contributed by atoms with van der Waals surface area (Å²) in [6.07, 6.45) is 4.55. The summed E-state index contributed by atoms with van der Waals surface area (Å²) >= 11 is 0. The average molecular weight is 377 g/mol. The van der Waals surface area contributed by atoms with Crippen molar-refractivity contribution in [3.63, 3.8) is 0 Å². The van der Waals surface area contributed by atoms with Gasteiger partial charge in [-0.1, -0.05) is 24.3 Å². The number of benzene rings is 1. The van der Waals surface area contributed by atoms with Gasteiger partial charge in [-0.15, -0.1) is 0 Å². The number of aliphatic hydroxyl groups is 1. The summed E-state index contributed by atoms with van der Waals surface area (Å²) in [5.41, 5.74) is 5.66. The number of nitrogens with one attached hydrogen (secondary N) is 3. The first kappa shape index (κ1) is 18.2. The van der Waals surface area contributed by atoms with Crippen LogP contribution in [-0.2, 0) is 6.42 Å². The molecule has 7 heteroatoms. The van der Waals surface area contributed by atoms with Gasteiger partial charge in [0.15, 0.2) is 0 Å². The fraction of sp³-hybridized carbons (Fsp3) is 0.286. The van der Waals surface area contributed by atoms with Crippen LogP contribution in [0.1, 0.15) is 28.7 Å². The van der Waals surface area contributed by atoms with Gasteiger partial charge in [-0.05, 0) is 26.0 Å². The Bertz CT molecular complexity index is 1070. The van der Waals surface area contributed by atoms with Crippen LogP contribution in [-0.4, -0.2) is 45.2 Å². The van der Waals surface area contributed by atoms with Gasteiger partial charge >= 0.3 is 0 Å². The van der Waals surface area contributed by atoms with Crippen molar-refractivity contribution in [2.45, 2.75) is 26.3 Å². The molecule has 28 heavy (non-hydrogen) atoms. The van der Waals surface area contributed by atoms with Crippen LogP contribution in [0.4, 0.5) is 5.82 Å². The monoisotopic (exact) mass is 377 g/mol. The quantitative estimate of drug-likeness (QED) is 0.512. The molecule has 1 unspecified atom stereocenters. The molecule has 4 rings (SSSR count). The van der Waals surface area contributed by atoms with E-state index in [1.807, 2.05) is 50.3 Å². The number of amides is 1. The van der Waals surface area contributed by atoms with Gasteiger partial charge in [-0.25, -0.2) is 9.97 Å². The van der Waals surface area contributed by atoms with Gasteiger partial charge in [0.25, 0.3) is 5.91 Å². The van der Waals surface area contributed by atoms with Crippen LogP contribution in [0.5, 0.6) is 0 Å². The van der Waals surface area contributed by atoms with E-state index >= 15 is 0 Å². The van der Waals surface area contributed by atoms with E-state index in [0.717, 1.165) is 40.1 Å². The fourth-order valence-corrected chi connectivity index (χ4v) is 3.52. The van der Waals surface area contributed by atoms with Crippen LogP contribution in [0.15, 0.2) is 36.4 Å². The highest BCUT2D eigenvalue weighted by atomic mass is 16.3. The van der Waals surface area contributed by atoms with E-state index in [1.165, 1.54) is 0 Å². The molecule has 0 spiro atoms. The highest BCUT2D eigenvalue weighted by molar-refractivity contribution is 5.99. The van der Waals surface area contributed by atoms with E-state index in [4.69, 9.17) is 4.98 Å². The summed E-state index contributed by atoms with van der Waals surface area (Å²) in [5, 5.41) is 15.7. The van der Waals surface area contributed by atoms with Gasteiger partial charge in [0.1, 0.15) is 11.3 Å². The van der Waals surface area contributed by atoms with Crippen molar-refractivity contribution in [2.75, 3.05) is 18.5 Å². The minimum atomic E-state index is -0.232. The second-order valence-electron chi connectivity index (χ2n) is 6.87. The molecule has 0 aliphatic carbocycles. The van der Waals surface area contributed by atoms with Crippen LogP contribution >= 0.6 is 0 Å². The second kappa shape index (κ2) is 7.44. The van der Waals surface area contributed by atoms with Crippen molar-refractivity contribution < 1.29 is 9.90 Å². The third-order valence-corrected chi connectivity index (χ3v) is 4.91. The molecular weight excluding hydrogens is 354 g/mol. The lowest BCUT2D eigenvalue weighted by Gasteiger charge is -2.15. The summed E-state index contributed by atoms with van der Waals surface area (Å²) in [7, 11) is 0. The fourth-order valence-electron chi connectivity index (χ4n) is 3.52. The minimum absolute atomic E-state index is 0.0381. The molecular formula is C21H23N5O2. The molecule has 7 nitrogen and oxygen atoms in total. The van der Waals surface area contributed by atoms with Crippen molar-refractivity contribution >= 4 is 22.8 Å². The van der Waals surface area contributed by atoms with Crippen molar-refractivity contribution in [3.05, 3.63) is 53.4 Å². The standard InChI is InChI=1S/C21H23N5O2/c1-3-5-13(11-27)24-20-12(2)23-17-7-4-6-14(19(17)26-20)18-10-15-16(25-18)8-9-22-21(15)28/h3-7,10,13,25,27H,8-9,11H2,1-2H3,(H,22,28)(H,24,26)/b5-3-. The number of H-pyrrole nitrogens is 1. The Hall–Kier alpha value is -3.19. The molecule has 1 atom stereocenters. The number of aryl methyl sites for hydroxylation is 1. The summed E-state index contributed by atoms with van der Waals surface area (Å²) < 4.78 is 0. The predicted molar refractivity (Wildman–Crippen MR) is 109 cm³/mol. The zero-order chi connectivity index (χ0) is 19.7. The number of rotatable bonds is 5. The molecule has 2 aromatic heterocycles. The number of aromatic amines is 1. The zero-order valence-corrected chi connectivity index (χ0v) is 15.9. The predicted octanol–water partition coefficient (Wildman–Crippen LogP) is 2.57. The molecule has 1 aromatic carbocycles. The topological polar surface area (TPSA) is 103 Å². The molecule has 0 radical (unpaired) electrons. The maximum absolute atomic E-state index is 12.1. The van der Waals surface area contributed by atoms with Gasteiger partial charge in [0.2, 0.25) is 0 Å². The van der Waals surface area contributed by atoms with Gasteiger partial charge in [0.05, 0.1) is 29.4 Å². The summed E-state index contributed by atoms with van der Waals surface area (Å²) in [6, 6.07) is 7.48. The SMILES string of the molecule is C/C=C\C(CO)Nc1nc2c(-c3cc4c([nH]3)CCNC4=O)cccc2nc1C. The van der Waals surface area contributed by atoms with Gasteiger partial charge in [0, 0.05) is 29.9 Å². The normalized spacial score (nSPS) is 14.9. The highest BCUT2D eigenvalue weighted by Gasteiger charge is 2.21. The highest BCUT2D eigenvalue weighted by Crippen LogP contribution is 2.30. The summed E-state index contributed by atoms with van der Waals surface area (Å²) in [6.45, 7) is 4.40. The Balaban J connectivity index is 1.81. The Morgan fingerprint density at radius 3 is 2.93 bits per heavy atom. The van der Waals surface area contributed by atoms with E-state index in [1.54, 1.807) is 0 Å². The Morgan fingerprint density at radius 1 is 1.32 bits per heavy atom. The molecule has 1 amide bonds. The Morgan fingerprint density at radius 2 is 2.18 bits per heavy atom. The molecule has 4 N–H and O–H groups in total. The molecule has 1 aliphatic rings. The van der Waals surface area contributed by atoms with E-state index in [2.05, 4.69) is 20.6 Å². The van der Waals surface area contributed by atoms with Crippen molar-refractivity contribution in [2.24, 2.45) is 0 Å². The number of nitrogens with zero attached hydrogens (tertiary/aromatic N) is 2. The van der Waals surface area contributed by atoms with Crippen LogP contribution in [0, 0.1) is 6.92 Å². The third kappa shape index (κ3) is 3.25. The van der Waals surface area contributed by atoms with Gasteiger partial charge in [-0.2, -0.15) is 0 Å². The van der Waals surface area contributed by atoms with E-state index in [9.17, 15) is 9.90 Å². The molecule has 0 bridgehead atoms. The number of carbonyl (C=O) groups is 1. The van der Waals surface area contributed by atoms with Crippen LogP contribution < -0.4 is 10.6 Å². The first-order valence-corrected chi connectivity index (χ1v) is 9.38. The number of hydrogen-bond donors (Lipinski definition) is 4. The van der Waals surface area contributed by atoms with Crippen LogP contribution in [0.3, 0.4) is 0 Å². The van der Waals surface area contributed by atoms with Crippen molar-refractivity contribution in [1.29, 1.82) is 0 Å². The molecule has 0 fully saturated rings. The third-order valence-electron chi connectivity index (χ3n) is 4.91. The first-order chi connectivity index (χ1) is 13.6. The Kier molecular flexibility index (Phi) is 4.83. The number of allylic oxidation sites excluding steroid dienone is 1. The molecule has 0 saturated heterocycles. The molecule has 0 saturated carbocycles. The lowest BCUT2D eigenvalue weighted by atomic mass is 10.1. The first-order valence-electron chi connectivity index (χ1n) is 9.38. The molecule has 1 aliphatic heterocycles. The van der Waals surface area contributed by atoms with E-state index in [-0.39, 0.29) is 18.6 Å². The van der Waals surface area contributed by atoms with E-state index in [0.29, 0.717) is 17.9 Å². The van der Waals surface area contributed by atoms with Gasteiger partial charge < -0.3 is 20.7 Å². The second-order valence-corrected chi connectivity index (χ2v) is 6.87. The Labute approximate surface area is 162 Å². The number of para-hydroxylation sites is 1. The smallest absolute Gasteiger partial charge is 0.253 e. The maximum atomic E-state index is 12.1. The van der Waals surface area contributed by atoms with E-state index < -0.39 is 0 Å². The number of carbonyl (C=O) groups excluding carboxylic acids is 1. The van der Waals surface area contributed by atoms with Crippen molar-refractivity contribution in [3.8, 4) is 11.3 Å². The summed E-state index contributed by atoms with van der Waals surface area (Å²) in [5.74, 6) is 0.580. The number of hydrogen-bond acceptors (Lipinski definition) is 5. The van der Waals surface area contributed by atoms with Crippen molar-refractivity contribution in [1.82, 2.24) is 20.3 Å². The number of aliphatic hydroxyl groups excluding tert-OH is 1. The number of fused-ring (bicyclic) bond motifs is 2. The average Bonchev–Trinajstić information content (AvgIpc) is 3.13. The molecule has 144 valence electrons. The lowest BCUT2D eigenvalue weighted by Crippen LogP contribution is -2.31. The zero-order valence-electron chi connectivity index (χ0n) is 15.9. The number of anilines is 1. The molecule has 3 aromatic rings. The number of aromatic nitrogens is 3. The van der Waals surface area contributed by atoms with Gasteiger partial charge in [-0.3, -0.25) is 4.79 Å². The van der Waals surface area contributed by atoms with Crippen LogP contribution in [0.2, 0.25) is 0 Å².